The van der Waals surface area contributed by atoms with E-state index in [1.54, 1.807) is 42.5 Å². The van der Waals surface area contributed by atoms with Gasteiger partial charge in [-0.2, -0.15) is 0 Å². The van der Waals surface area contributed by atoms with Crippen molar-refractivity contribution in [1.82, 2.24) is 9.71 Å². The predicted octanol–water partition coefficient (Wildman–Crippen LogP) is 4.52. The first-order valence-electron chi connectivity index (χ1n) is 7.45. The molecule has 1 heterocycles. The molecular weight excluding hydrogens is 367 g/mol. The quantitative estimate of drug-likeness (QED) is 0.681. The van der Waals surface area contributed by atoms with Crippen molar-refractivity contribution in [2.24, 2.45) is 0 Å². The summed E-state index contributed by atoms with van der Waals surface area (Å²) < 4.78 is 28.0. The molecule has 4 nitrogen and oxygen atoms in total. The van der Waals surface area contributed by atoms with Gasteiger partial charge in [-0.1, -0.05) is 42.3 Å². The van der Waals surface area contributed by atoms with E-state index >= 15 is 0 Å². The average molecular weight is 383 g/mol. The molecule has 0 bridgehead atoms. The molecule has 0 radical (unpaired) electrons. The first-order chi connectivity index (χ1) is 11.4. The molecule has 0 amide bonds. The van der Waals surface area contributed by atoms with Gasteiger partial charge in [-0.05, 0) is 47.9 Å². The summed E-state index contributed by atoms with van der Waals surface area (Å²) >= 11 is 11.9. The lowest BCUT2D eigenvalue weighted by Crippen LogP contribution is -2.24. The van der Waals surface area contributed by atoms with Crippen LogP contribution in [0.3, 0.4) is 0 Å². The largest absolute Gasteiger partial charge is 0.344 e. The van der Waals surface area contributed by atoms with E-state index in [-0.39, 0.29) is 11.6 Å². The van der Waals surface area contributed by atoms with Crippen molar-refractivity contribution in [1.29, 1.82) is 0 Å². The summed E-state index contributed by atoms with van der Waals surface area (Å²) in [6, 6.07) is 12.3. The Hall–Kier alpha value is -1.53. The Kier molecular flexibility index (Phi) is 4.88. The third kappa shape index (κ3) is 3.44. The predicted molar refractivity (Wildman–Crippen MR) is 98.2 cm³/mol. The summed E-state index contributed by atoms with van der Waals surface area (Å²) in [5.74, 6) is 0. The fraction of sp³-hybridized carbons (Fsp3) is 0.176. The van der Waals surface area contributed by atoms with Crippen LogP contribution in [0, 0.1) is 0 Å². The molecule has 3 aromatic rings. The van der Waals surface area contributed by atoms with Crippen LogP contribution in [-0.4, -0.2) is 13.4 Å². The second-order valence-electron chi connectivity index (χ2n) is 5.43. The number of H-pyrrole nitrogens is 1. The van der Waals surface area contributed by atoms with Gasteiger partial charge < -0.3 is 4.98 Å². The van der Waals surface area contributed by atoms with E-state index in [9.17, 15) is 8.42 Å². The van der Waals surface area contributed by atoms with Gasteiger partial charge in [-0.25, -0.2) is 13.1 Å². The van der Waals surface area contributed by atoms with E-state index in [0.29, 0.717) is 16.5 Å². The van der Waals surface area contributed by atoms with Crippen LogP contribution in [0.5, 0.6) is 0 Å². The van der Waals surface area contributed by atoms with E-state index in [2.05, 4.69) is 9.71 Å². The third-order valence-corrected chi connectivity index (χ3v) is 5.73. The van der Waals surface area contributed by atoms with Crippen molar-refractivity contribution in [3.63, 3.8) is 0 Å². The van der Waals surface area contributed by atoms with Crippen molar-refractivity contribution in [2.75, 3.05) is 0 Å². The number of rotatable bonds is 5. The fourth-order valence-electron chi connectivity index (χ4n) is 2.63. The monoisotopic (exact) mass is 382 g/mol. The highest BCUT2D eigenvalue weighted by molar-refractivity contribution is 7.89. The molecule has 3 rings (SSSR count). The Labute approximate surface area is 150 Å². The number of nitrogens with one attached hydrogen (secondary N) is 2. The number of fused-ring (bicyclic) bond motifs is 1. The van der Waals surface area contributed by atoms with Crippen LogP contribution in [-0.2, 0) is 23.0 Å². The molecule has 0 atom stereocenters. The third-order valence-electron chi connectivity index (χ3n) is 3.83. The number of aromatic nitrogens is 1. The summed E-state index contributed by atoms with van der Waals surface area (Å²) in [5.41, 5.74) is 2.32. The van der Waals surface area contributed by atoms with Crippen LogP contribution < -0.4 is 4.72 Å². The molecule has 2 N–H and O–H groups in total. The van der Waals surface area contributed by atoms with Crippen molar-refractivity contribution in [3.05, 3.63) is 63.6 Å². The maximum absolute atomic E-state index is 12.7. The number of sulfonamides is 1. The number of hydrogen-bond donors (Lipinski definition) is 2. The lowest BCUT2D eigenvalue weighted by Gasteiger charge is -2.07. The molecule has 24 heavy (non-hydrogen) atoms. The Bertz CT molecular complexity index is 980. The van der Waals surface area contributed by atoms with E-state index in [4.69, 9.17) is 23.2 Å². The van der Waals surface area contributed by atoms with E-state index < -0.39 is 10.0 Å². The number of hydrogen-bond acceptors (Lipinski definition) is 2. The number of aryl methyl sites for hydroxylation is 1. The van der Waals surface area contributed by atoms with Crippen LogP contribution in [0.2, 0.25) is 10.0 Å². The summed E-state index contributed by atoms with van der Waals surface area (Å²) in [5, 5.41) is 2.21. The summed E-state index contributed by atoms with van der Waals surface area (Å²) in [6.45, 7) is 2.11. The molecule has 0 saturated carbocycles. The van der Waals surface area contributed by atoms with Crippen LogP contribution in [0.1, 0.15) is 18.1 Å². The van der Waals surface area contributed by atoms with E-state index in [0.717, 1.165) is 22.0 Å². The van der Waals surface area contributed by atoms with Gasteiger partial charge in [0.25, 0.3) is 10.0 Å². The van der Waals surface area contributed by atoms with E-state index in [1.807, 2.05) is 6.92 Å². The zero-order chi connectivity index (χ0) is 17.3. The Morgan fingerprint density at radius 1 is 1.04 bits per heavy atom. The zero-order valence-corrected chi connectivity index (χ0v) is 15.3. The molecule has 7 heteroatoms. The molecular formula is C17H16Cl2N2O2S. The smallest absolute Gasteiger partial charge is 0.256 e. The average Bonchev–Trinajstić information content (AvgIpc) is 2.93. The van der Waals surface area contributed by atoms with Gasteiger partial charge in [-0.3, -0.25) is 0 Å². The maximum atomic E-state index is 12.7. The Morgan fingerprint density at radius 2 is 1.71 bits per heavy atom. The van der Waals surface area contributed by atoms with Gasteiger partial charge in [0.1, 0.15) is 0 Å². The van der Waals surface area contributed by atoms with Crippen molar-refractivity contribution < 1.29 is 8.42 Å². The first-order valence-corrected chi connectivity index (χ1v) is 9.69. The minimum absolute atomic E-state index is 0.191. The minimum atomic E-state index is -3.67. The highest BCUT2D eigenvalue weighted by atomic mass is 35.5. The van der Waals surface area contributed by atoms with Crippen molar-refractivity contribution in [3.8, 4) is 0 Å². The van der Waals surface area contributed by atoms with Gasteiger partial charge in [0.2, 0.25) is 0 Å². The highest BCUT2D eigenvalue weighted by Crippen LogP contribution is 2.28. The number of benzene rings is 2. The summed E-state index contributed by atoms with van der Waals surface area (Å²) in [6.07, 6.45) is 0.581. The maximum Gasteiger partial charge on any atom is 0.256 e. The Morgan fingerprint density at radius 3 is 2.38 bits per heavy atom. The molecule has 0 unspecified atom stereocenters. The molecule has 0 spiro atoms. The molecule has 0 aliphatic carbocycles. The van der Waals surface area contributed by atoms with Gasteiger partial charge >= 0.3 is 0 Å². The van der Waals surface area contributed by atoms with Crippen LogP contribution >= 0.6 is 23.2 Å². The van der Waals surface area contributed by atoms with Crippen LogP contribution in [0.25, 0.3) is 10.9 Å². The van der Waals surface area contributed by atoms with Gasteiger partial charge in [0.05, 0.1) is 0 Å². The molecule has 2 aromatic carbocycles. The standard InChI is InChI=1S/C17H16Cl2N2O2S/c1-2-14-15-9-13(19)7-8-16(15)21-17(14)24(22,23)20-10-11-3-5-12(18)6-4-11/h3-9,20-21H,2,10H2,1H3. The number of aromatic amines is 1. The normalized spacial score (nSPS) is 12.0. The summed E-state index contributed by atoms with van der Waals surface area (Å²) in [4.78, 5) is 3.00. The lowest BCUT2D eigenvalue weighted by atomic mass is 10.1. The first kappa shape index (κ1) is 17.3. The van der Waals surface area contributed by atoms with Crippen molar-refractivity contribution in [2.45, 2.75) is 24.9 Å². The molecule has 0 aliphatic rings. The zero-order valence-electron chi connectivity index (χ0n) is 12.9. The van der Waals surface area contributed by atoms with Crippen LogP contribution in [0.4, 0.5) is 0 Å². The topological polar surface area (TPSA) is 62.0 Å². The molecule has 126 valence electrons. The second-order valence-corrected chi connectivity index (χ2v) is 8.00. The molecule has 0 fully saturated rings. The Balaban J connectivity index is 1.94. The second kappa shape index (κ2) is 6.76. The number of halogens is 2. The van der Waals surface area contributed by atoms with Gasteiger partial charge in [-0.15, -0.1) is 0 Å². The van der Waals surface area contributed by atoms with Gasteiger partial charge in [0.15, 0.2) is 5.03 Å². The van der Waals surface area contributed by atoms with E-state index in [1.165, 1.54) is 0 Å². The summed E-state index contributed by atoms with van der Waals surface area (Å²) in [7, 11) is -3.67. The molecule has 1 aromatic heterocycles. The highest BCUT2D eigenvalue weighted by Gasteiger charge is 2.22. The molecule has 0 aliphatic heterocycles. The SMILES string of the molecule is CCc1c(S(=O)(=O)NCc2ccc(Cl)cc2)[nH]c2ccc(Cl)cc12. The molecule has 0 saturated heterocycles. The fourth-order valence-corrected chi connectivity index (χ4v) is 4.25. The van der Waals surface area contributed by atoms with Gasteiger partial charge in [0, 0.05) is 27.5 Å². The lowest BCUT2D eigenvalue weighted by molar-refractivity contribution is 0.577. The minimum Gasteiger partial charge on any atom is -0.344 e. The van der Waals surface area contributed by atoms with Crippen LogP contribution in [0.15, 0.2) is 47.5 Å². The van der Waals surface area contributed by atoms with Crippen molar-refractivity contribution >= 4 is 44.1 Å².